The highest BCUT2D eigenvalue weighted by Gasteiger charge is 2.05. The molecule has 1 rings (SSSR count). The molecule has 0 radical (unpaired) electrons. The highest BCUT2D eigenvalue weighted by Crippen LogP contribution is 2.09. The minimum atomic E-state index is -0.0881. The standard InChI is InChI=1S/C13H16N4O2/c1-10(18)15-8-2-3-13(19)12-6-4-11(5-7-12)9-16-17-14/h4-7H,2-3,8-9H2,1H3,(H,15,18). The molecule has 0 aliphatic rings. The quantitative estimate of drug-likeness (QED) is 0.268. The number of amides is 1. The normalized spacial score (nSPS) is 9.53. The first-order chi connectivity index (χ1) is 9.13. The fraction of sp³-hybridized carbons (Fsp3) is 0.385. The van der Waals surface area contributed by atoms with Gasteiger partial charge < -0.3 is 5.32 Å². The summed E-state index contributed by atoms with van der Waals surface area (Å²) in [6, 6.07) is 7.00. The maximum Gasteiger partial charge on any atom is 0.216 e. The van der Waals surface area contributed by atoms with Gasteiger partial charge in [0.1, 0.15) is 0 Å². The van der Waals surface area contributed by atoms with Gasteiger partial charge in [0, 0.05) is 30.4 Å². The molecule has 0 atom stereocenters. The molecule has 0 saturated carbocycles. The second kappa shape index (κ2) is 7.89. The molecule has 6 heteroatoms. The van der Waals surface area contributed by atoms with E-state index in [0.29, 0.717) is 24.9 Å². The number of benzene rings is 1. The number of hydrogen-bond acceptors (Lipinski definition) is 3. The summed E-state index contributed by atoms with van der Waals surface area (Å²) in [5.74, 6) is -0.0458. The largest absolute Gasteiger partial charge is 0.356 e. The summed E-state index contributed by atoms with van der Waals surface area (Å²) < 4.78 is 0. The van der Waals surface area contributed by atoms with Gasteiger partial charge in [0.25, 0.3) is 0 Å². The topological polar surface area (TPSA) is 94.9 Å². The van der Waals surface area contributed by atoms with E-state index in [1.54, 1.807) is 24.3 Å². The summed E-state index contributed by atoms with van der Waals surface area (Å²) in [5.41, 5.74) is 9.70. The second-order valence-corrected chi connectivity index (χ2v) is 4.10. The van der Waals surface area contributed by atoms with Gasteiger partial charge in [-0.1, -0.05) is 29.4 Å². The third kappa shape index (κ3) is 5.70. The van der Waals surface area contributed by atoms with Crippen LogP contribution in [0.5, 0.6) is 0 Å². The predicted molar refractivity (Wildman–Crippen MR) is 71.5 cm³/mol. The molecule has 0 fully saturated rings. The average Bonchev–Trinajstić information content (AvgIpc) is 2.41. The molecule has 1 N–H and O–H groups in total. The molecule has 1 aromatic carbocycles. The minimum absolute atomic E-state index is 0.0423. The molecule has 0 aromatic heterocycles. The van der Waals surface area contributed by atoms with Crippen molar-refractivity contribution in [3.63, 3.8) is 0 Å². The van der Waals surface area contributed by atoms with E-state index in [1.807, 2.05) is 0 Å². The van der Waals surface area contributed by atoms with E-state index >= 15 is 0 Å². The number of carbonyl (C=O) groups is 2. The van der Waals surface area contributed by atoms with E-state index in [1.165, 1.54) is 6.92 Å². The van der Waals surface area contributed by atoms with Gasteiger partial charge in [0.15, 0.2) is 5.78 Å². The Balaban J connectivity index is 2.44. The summed E-state index contributed by atoms with van der Waals surface area (Å²) >= 11 is 0. The molecule has 0 aliphatic carbocycles. The van der Waals surface area contributed by atoms with Crippen molar-refractivity contribution in [1.29, 1.82) is 0 Å². The average molecular weight is 260 g/mol. The summed E-state index contributed by atoms with van der Waals surface area (Å²) in [6.07, 6.45) is 1.02. The van der Waals surface area contributed by atoms with Crippen LogP contribution in [0.2, 0.25) is 0 Å². The SMILES string of the molecule is CC(=O)NCCCC(=O)c1ccc(CN=[N+]=[N-])cc1. The predicted octanol–water partition coefficient (Wildman–Crippen LogP) is 2.60. The lowest BCUT2D eigenvalue weighted by Gasteiger charge is -2.03. The molecule has 6 nitrogen and oxygen atoms in total. The zero-order valence-electron chi connectivity index (χ0n) is 10.8. The van der Waals surface area contributed by atoms with Crippen LogP contribution in [-0.4, -0.2) is 18.2 Å². The van der Waals surface area contributed by atoms with Gasteiger partial charge in [-0.15, -0.1) is 0 Å². The van der Waals surface area contributed by atoms with Gasteiger partial charge in [-0.25, -0.2) is 0 Å². The van der Waals surface area contributed by atoms with Gasteiger partial charge in [0.2, 0.25) is 5.91 Å². The fourth-order valence-electron chi connectivity index (χ4n) is 1.57. The fourth-order valence-corrected chi connectivity index (χ4v) is 1.57. The van der Waals surface area contributed by atoms with Gasteiger partial charge >= 0.3 is 0 Å². The van der Waals surface area contributed by atoms with Crippen LogP contribution in [0.4, 0.5) is 0 Å². The number of hydrogen-bond donors (Lipinski definition) is 1. The molecule has 0 unspecified atom stereocenters. The van der Waals surface area contributed by atoms with Crippen LogP contribution >= 0.6 is 0 Å². The number of nitrogens with zero attached hydrogens (tertiary/aromatic N) is 3. The van der Waals surface area contributed by atoms with Crippen molar-refractivity contribution in [3.05, 3.63) is 45.8 Å². The highest BCUT2D eigenvalue weighted by molar-refractivity contribution is 5.96. The van der Waals surface area contributed by atoms with Crippen molar-refractivity contribution >= 4 is 11.7 Å². The molecule has 0 aliphatic heterocycles. The van der Waals surface area contributed by atoms with Crippen LogP contribution in [0, 0.1) is 0 Å². The molecule has 0 heterocycles. The molecular weight excluding hydrogens is 244 g/mol. The number of ketones is 1. The van der Waals surface area contributed by atoms with E-state index in [2.05, 4.69) is 15.3 Å². The van der Waals surface area contributed by atoms with Crippen molar-refractivity contribution < 1.29 is 9.59 Å². The van der Waals surface area contributed by atoms with Crippen LogP contribution in [-0.2, 0) is 11.3 Å². The summed E-state index contributed by atoms with van der Waals surface area (Å²) in [4.78, 5) is 25.1. The molecule has 1 amide bonds. The Hall–Kier alpha value is -2.33. The molecule has 100 valence electrons. The Morgan fingerprint density at radius 1 is 1.32 bits per heavy atom. The number of Topliss-reactive ketones (excluding diaryl/α,β-unsaturated/α-hetero) is 1. The Labute approximate surface area is 111 Å². The van der Waals surface area contributed by atoms with Crippen molar-refractivity contribution in [2.24, 2.45) is 5.11 Å². The van der Waals surface area contributed by atoms with Crippen LogP contribution in [0.15, 0.2) is 29.4 Å². The number of nitrogens with one attached hydrogen (secondary N) is 1. The van der Waals surface area contributed by atoms with Crippen molar-refractivity contribution in [3.8, 4) is 0 Å². The first-order valence-corrected chi connectivity index (χ1v) is 6.01. The first kappa shape index (κ1) is 14.7. The van der Waals surface area contributed by atoms with Gasteiger partial charge in [-0.05, 0) is 17.5 Å². The third-order valence-electron chi connectivity index (χ3n) is 2.55. The molecule has 19 heavy (non-hydrogen) atoms. The first-order valence-electron chi connectivity index (χ1n) is 6.01. The zero-order valence-corrected chi connectivity index (χ0v) is 10.8. The lowest BCUT2D eigenvalue weighted by atomic mass is 10.0. The molecule has 1 aromatic rings. The van der Waals surface area contributed by atoms with E-state index in [0.717, 1.165) is 5.56 Å². The Morgan fingerprint density at radius 2 is 2.00 bits per heavy atom. The maximum absolute atomic E-state index is 11.8. The Morgan fingerprint density at radius 3 is 2.58 bits per heavy atom. The van der Waals surface area contributed by atoms with Crippen LogP contribution in [0.3, 0.4) is 0 Å². The van der Waals surface area contributed by atoms with Gasteiger partial charge in [-0.2, -0.15) is 0 Å². The van der Waals surface area contributed by atoms with E-state index < -0.39 is 0 Å². The zero-order chi connectivity index (χ0) is 14.1. The van der Waals surface area contributed by atoms with Crippen molar-refractivity contribution in [2.75, 3.05) is 6.54 Å². The van der Waals surface area contributed by atoms with Crippen LogP contribution in [0.1, 0.15) is 35.7 Å². The monoisotopic (exact) mass is 260 g/mol. The number of azide groups is 1. The highest BCUT2D eigenvalue weighted by atomic mass is 16.1. The van der Waals surface area contributed by atoms with Gasteiger partial charge in [0.05, 0.1) is 6.54 Å². The Kier molecular flexibility index (Phi) is 6.12. The lowest BCUT2D eigenvalue weighted by Crippen LogP contribution is -2.21. The maximum atomic E-state index is 11.8. The van der Waals surface area contributed by atoms with Crippen molar-refractivity contribution in [2.45, 2.75) is 26.3 Å². The van der Waals surface area contributed by atoms with E-state index in [9.17, 15) is 9.59 Å². The van der Waals surface area contributed by atoms with Crippen molar-refractivity contribution in [1.82, 2.24) is 5.32 Å². The van der Waals surface area contributed by atoms with Crippen LogP contribution < -0.4 is 5.32 Å². The number of carbonyl (C=O) groups excluding carboxylic acids is 2. The number of rotatable bonds is 7. The minimum Gasteiger partial charge on any atom is -0.356 e. The molecule has 0 saturated heterocycles. The smallest absolute Gasteiger partial charge is 0.216 e. The summed E-state index contributed by atoms with van der Waals surface area (Å²) in [5, 5.41) is 6.10. The third-order valence-corrected chi connectivity index (χ3v) is 2.55. The van der Waals surface area contributed by atoms with Crippen LogP contribution in [0.25, 0.3) is 10.4 Å². The Bertz CT molecular complexity index is 490. The molecule has 0 spiro atoms. The van der Waals surface area contributed by atoms with E-state index in [-0.39, 0.29) is 18.2 Å². The molecule has 0 bridgehead atoms. The van der Waals surface area contributed by atoms with E-state index in [4.69, 9.17) is 5.53 Å². The lowest BCUT2D eigenvalue weighted by molar-refractivity contribution is -0.118. The molecular formula is C13H16N4O2. The second-order valence-electron chi connectivity index (χ2n) is 4.10. The van der Waals surface area contributed by atoms with Gasteiger partial charge in [-0.3, -0.25) is 9.59 Å². The summed E-state index contributed by atoms with van der Waals surface area (Å²) in [6.45, 7) is 2.24. The summed E-state index contributed by atoms with van der Waals surface area (Å²) in [7, 11) is 0.